The predicted molar refractivity (Wildman–Crippen MR) is 55.8 cm³/mol. The third kappa shape index (κ3) is 3.09. The van der Waals surface area contributed by atoms with Crippen LogP contribution in [-0.2, 0) is 10.7 Å². The summed E-state index contributed by atoms with van der Waals surface area (Å²) >= 11 is 5.51. The summed E-state index contributed by atoms with van der Waals surface area (Å²) in [4.78, 5) is 14.4. The Hall–Kier alpha value is -1.30. The van der Waals surface area contributed by atoms with Gasteiger partial charge in [-0.3, -0.25) is 4.79 Å². The number of anilines is 1. The van der Waals surface area contributed by atoms with Crippen LogP contribution in [0.15, 0.2) is 4.42 Å². The first-order chi connectivity index (χ1) is 7.04. The zero-order valence-corrected chi connectivity index (χ0v) is 9.65. The van der Waals surface area contributed by atoms with Gasteiger partial charge in [0.15, 0.2) is 0 Å². The fourth-order valence-corrected chi connectivity index (χ4v) is 0.973. The fourth-order valence-electron chi connectivity index (χ4n) is 0.865. The van der Waals surface area contributed by atoms with Gasteiger partial charge in [-0.05, 0) is 0 Å². The van der Waals surface area contributed by atoms with E-state index in [1.807, 2.05) is 0 Å². The van der Waals surface area contributed by atoms with Crippen molar-refractivity contribution in [3.8, 4) is 0 Å². The molecule has 0 aliphatic heterocycles. The molecule has 0 atom stereocenters. The number of halogens is 1. The summed E-state index contributed by atoms with van der Waals surface area (Å²) in [5.74, 6) is 0.474. The Kier molecular flexibility index (Phi) is 3.90. The van der Waals surface area contributed by atoms with E-state index in [1.165, 1.54) is 4.90 Å². The molecular formula is C8H13ClN4O2. The van der Waals surface area contributed by atoms with Crippen molar-refractivity contribution in [2.24, 2.45) is 0 Å². The Bertz CT molecular complexity index is 339. The van der Waals surface area contributed by atoms with Crippen LogP contribution in [0, 0.1) is 0 Å². The first kappa shape index (κ1) is 11.8. The van der Waals surface area contributed by atoms with Gasteiger partial charge in [-0.15, -0.1) is 16.7 Å². The normalized spacial score (nSPS) is 10.1. The molecule has 1 aromatic rings. The number of alkyl halides is 1. The molecule has 1 aromatic heterocycles. The molecule has 0 aliphatic rings. The number of carbonyl (C=O) groups excluding carboxylic acids is 1. The Morgan fingerprint density at radius 3 is 2.53 bits per heavy atom. The minimum absolute atomic E-state index is 0.0388. The molecule has 84 valence electrons. The number of carbonyl (C=O) groups is 1. The van der Waals surface area contributed by atoms with Gasteiger partial charge in [-0.1, -0.05) is 5.10 Å². The van der Waals surface area contributed by atoms with Crippen molar-refractivity contribution in [1.82, 2.24) is 15.1 Å². The largest absolute Gasteiger partial charge is 0.407 e. The molecule has 0 spiro atoms. The van der Waals surface area contributed by atoms with Gasteiger partial charge in [0.2, 0.25) is 11.8 Å². The minimum atomic E-state index is -0.0388. The van der Waals surface area contributed by atoms with Crippen LogP contribution in [0.2, 0.25) is 0 Å². The molecule has 0 aliphatic carbocycles. The smallest absolute Gasteiger partial charge is 0.318 e. The van der Waals surface area contributed by atoms with Gasteiger partial charge >= 0.3 is 6.01 Å². The standard InChI is InChI=1S/C8H13ClN4O2/c1-12(2)7(14)5-13(3)8-11-10-6(4-9)15-8/h4-5H2,1-3H3. The maximum absolute atomic E-state index is 11.4. The molecule has 0 unspecified atom stereocenters. The van der Waals surface area contributed by atoms with E-state index in [1.54, 1.807) is 26.0 Å². The molecule has 0 N–H and O–H groups in total. The number of amides is 1. The van der Waals surface area contributed by atoms with E-state index in [9.17, 15) is 4.79 Å². The first-order valence-electron chi connectivity index (χ1n) is 4.34. The summed E-state index contributed by atoms with van der Waals surface area (Å²) in [5.41, 5.74) is 0. The lowest BCUT2D eigenvalue weighted by molar-refractivity contribution is -0.127. The molecule has 1 rings (SSSR count). The van der Waals surface area contributed by atoms with Crippen LogP contribution in [0.1, 0.15) is 5.89 Å². The van der Waals surface area contributed by atoms with Crippen LogP contribution < -0.4 is 4.90 Å². The highest BCUT2D eigenvalue weighted by Gasteiger charge is 2.14. The highest BCUT2D eigenvalue weighted by Crippen LogP contribution is 2.11. The Balaban J connectivity index is 2.60. The Morgan fingerprint density at radius 2 is 2.07 bits per heavy atom. The average Bonchev–Trinajstić information content (AvgIpc) is 2.65. The summed E-state index contributed by atoms with van der Waals surface area (Å²) < 4.78 is 5.18. The molecule has 1 heterocycles. The lowest BCUT2D eigenvalue weighted by Crippen LogP contribution is -2.34. The number of hydrogen-bond donors (Lipinski definition) is 0. The number of nitrogens with zero attached hydrogens (tertiary/aromatic N) is 4. The summed E-state index contributed by atoms with van der Waals surface area (Å²) in [7, 11) is 5.08. The molecule has 1 amide bonds. The predicted octanol–water partition coefficient (Wildman–Crippen LogP) is 0.333. The van der Waals surface area contributed by atoms with Crippen molar-refractivity contribution >= 4 is 23.5 Å². The van der Waals surface area contributed by atoms with Gasteiger partial charge in [-0.2, -0.15) is 0 Å². The molecule has 0 bridgehead atoms. The number of rotatable bonds is 4. The Labute approximate surface area is 92.8 Å². The lowest BCUT2D eigenvalue weighted by atomic mass is 10.5. The van der Waals surface area contributed by atoms with Crippen molar-refractivity contribution in [2.45, 2.75) is 5.88 Å². The Morgan fingerprint density at radius 1 is 1.40 bits per heavy atom. The molecular weight excluding hydrogens is 220 g/mol. The van der Waals surface area contributed by atoms with E-state index in [4.69, 9.17) is 16.0 Å². The van der Waals surface area contributed by atoms with Gasteiger partial charge in [0.25, 0.3) is 0 Å². The fraction of sp³-hybridized carbons (Fsp3) is 0.625. The van der Waals surface area contributed by atoms with Crippen LogP contribution >= 0.6 is 11.6 Å². The SMILES string of the molecule is CN(C)C(=O)CN(C)c1nnc(CCl)o1. The first-order valence-corrected chi connectivity index (χ1v) is 4.87. The van der Waals surface area contributed by atoms with Gasteiger partial charge in [-0.25, -0.2) is 0 Å². The van der Waals surface area contributed by atoms with Crippen LogP contribution in [0.4, 0.5) is 6.01 Å². The molecule has 0 saturated carbocycles. The lowest BCUT2D eigenvalue weighted by Gasteiger charge is -2.16. The quantitative estimate of drug-likeness (QED) is 0.701. The molecule has 0 saturated heterocycles. The van der Waals surface area contributed by atoms with Crippen molar-refractivity contribution in [1.29, 1.82) is 0 Å². The second kappa shape index (κ2) is 4.97. The third-order valence-corrected chi connectivity index (χ3v) is 2.00. The second-order valence-corrected chi connectivity index (χ2v) is 3.52. The average molecular weight is 233 g/mol. The third-order valence-electron chi connectivity index (χ3n) is 1.77. The van der Waals surface area contributed by atoms with E-state index in [-0.39, 0.29) is 18.3 Å². The molecule has 6 nitrogen and oxygen atoms in total. The van der Waals surface area contributed by atoms with E-state index >= 15 is 0 Å². The highest BCUT2D eigenvalue weighted by molar-refractivity contribution is 6.16. The summed E-state index contributed by atoms with van der Waals surface area (Å²) in [6, 6.07) is 0.292. The van der Waals surface area contributed by atoms with Crippen molar-refractivity contribution < 1.29 is 9.21 Å². The second-order valence-electron chi connectivity index (χ2n) is 3.26. The monoisotopic (exact) mass is 232 g/mol. The van der Waals surface area contributed by atoms with Crippen LogP contribution in [0.5, 0.6) is 0 Å². The maximum atomic E-state index is 11.4. The zero-order chi connectivity index (χ0) is 11.4. The van der Waals surface area contributed by atoms with E-state index in [2.05, 4.69) is 10.2 Å². The topological polar surface area (TPSA) is 62.5 Å². The summed E-state index contributed by atoms with van der Waals surface area (Å²) in [6.45, 7) is 0.191. The molecule has 7 heteroatoms. The highest BCUT2D eigenvalue weighted by atomic mass is 35.5. The molecule has 0 aromatic carbocycles. The van der Waals surface area contributed by atoms with Crippen LogP contribution in [0.25, 0.3) is 0 Å². The van der Waals surface area contributed by atoms with Crippen LogP contribution in [-0.4, -0.2) is 48.7 Å². The molecule has 0 fully saturated rings. The zero-order valence-electron chi connectivity index (χ0n) is 8.90. The number of likely N-dealkylation sites (N-methyl/N-ethyl adjacent to an activating group) is 2. The van der Waals surface area contributed by atoms with Crippen molar-refractivity contribution in [3.05, 3.63) is 5.89 Å². The van der Waals surface area contributed by atoms with Gasteiger partial charge in [0.05, 0.1) is 0 Å². The van der Waals surface area contributed by atoms with Crippen molar-refractivity contribution in [3.63, 3.8) is 0 Å². The number of hydrogen-bond acceptors (Lipinski definition) is 5. The van der Waals surface area contributed by atoms with E-state index in [0.29, 0.717) is 11.9 Å². The number of aromatic nitrogens is 2. The van der Waals surface area contributed by atoms with Crippen molar-refractivity contribution in [2.75, 3.05) is 32.6 Å². The van der Waals surface area contributed by atoms with Crippen LogP contribution in [0.3, 0.4) is 0 Å². The minimum Gasteiger partial charge on any atom is -0.407 e. The van der Waals surface area contributed by atoms with Gasteiger partial charge in [0, 0.05) is 21.1 Å². The molecule has 15 heavy (non-hydrogen) atoms. The summed E-state index contributed by atoms with van der Waals surface area (Å²) in [6.07, 6.45) is 0. The summed E-state index contributed by atoms with van der Waals surface area (Å²) in [5, 5.41) is 7.45. The van der Waals surface area contributed by atoms with E-state index in [0.717, 1.165) is 0 Å². The van der Waals surface area contributed by atoms with Gasteiger partial charge in [0.1, 0.15) is 12.4 Å². The van der Waals surface area contributed by atoms with E-state index < -0.39 is 0 Å². The van der Waals surface area contributed by atoms with Gasteiger partial charge < -0.3 is 14.2 Å². The molecule has 0 radical (unpaired) electrons. The maximum Gasteiger partial charge on any atom is 0.318 e.